The Morgan fingerprint density at radius 1 is 1.28 bits per heavy atom. The minimum Gasteiger partial charge on any atom is -0.350 e. The highest BCUT2D eigenvalue weighted by Gasteiger charge is 2.21. The standard InChI is InChI=1S/C13H24N4S/c1-10-12(9-14-11-5-6-11)18-13(15-10)17(4)8-7-16(2)3/h11,14H,5-9H2,1-4H3. The highest BCUT2D eigenvalue weighted by atomic mass is 32.1. The first kappa shape index (κ1) is 13.8. The molecule has 0 aromatic carbocycles. The lowest BCUT2D eigenvalue weighted by molar-refractivity contribution is 0.416. The van der Waals surface area contributed by atoms with Gasteiger partial charge in [0.1, 0.15) is 0 Å². The molecule has 2 rings (SSSR count). The summed E-state index contributed by atoms with van der Waals surface area (Å²) in [5.74, 6) is 0. The summed E-state index contributed by atoms with van der Waals surface area (Å²) in [7, 11) is 6.33. The van der Waals surface area contributed by atoms with Crippen LogP contribution in [0.5, 0.6) is 0 Å². The van der Waals surface area contributed by atoms with Gasteiger partial charge in [0.2, 0.25) is 0 Å². The Morgan fingerprint density at radius 2 is 2.00 bits per heavy atom. The molecule has 1 aromatic heterocycles. The number of thiazole rings is 1. The molecule has 0 radical (unpaired) electrons. The normalized spacial score (nSPS) is 15.4. The first-order valence-corrected chi connectivity index (χ1v) is 7.43. The summed E-state index contributed by atoms with van der Waals surface area (Å²) in [6, 6.07) is 0.765. The molecule has 1 aliphatic rings. The Kier molecular flexibility index (Phi) is 4.59. The molecule has 1 aromatic rings. The highest BCUT2D eigenvalue weighted by Crippen LogP contribution is 2.26. The number of hydrogen-bond donors (Lipinski definition) is 1. The predicted molar refractivity (Wildman–Crippen MR) is 78.5 cm³/mol. The van der Waals surface area contributed by atoms with Gasteiger partial charge < -0.3 is 15.1 Å². The van der Waals surface area contributed by atoms with E-state index in [0.717, 1.165) is 30.8 Å². The Morgan fingerprint density at radius 3 is 2.61 bits per heavy atom. The molecule has 0 atom stereocenters. The molecule has 0 saturated heterocycles. The van der Waals surface area contributed by atoms with Crippen molar-refractivity contribution in [1.29, 1.82) is 0 Å². The van der Waals surface area contributed by atoms with Crippen LogP contribution in [0.2, 0.25) is 0 Å². The number of rotatable bonds is 7. The Bertz CT molecular complexity index is 384. The van der Waals surface area contributed by atoms with Crippen LogP contribution in [0.3, 0.4) is 0 Å². The number of aromatic nitrogens is 1. The summed E-state index contributed by atoms with van der Waals surface area (Å²) < 4.78 is 0. The minimum atomic E-state index is 0.765. The second kappa shape index (κ2) is 5.99. The fourth-order valence-electron chi connectivity index (χ4n) is 1.71. The van der Waals surface area contributed by atoms with Crippen LogP contribution in [0.25, 0.3) is 0 Å². The van der Waals surface area contributed by atoms with E-state index < -0.39 is 0 Å². The summed E-state index contributed by atoms with van der Waals surface area (Å²) in [4.78, 5) is 10.5. The predicted octanol–water partition coefficient (Wildman–Crippen LogP) is 1.70. The molecule has 1 saturated carbocycles. The molecule has 0 amide bonds. The van der Waals surface area contributed by atoms with Gasteiger partial charge in [0, 0.05) is 37.6 Å². The fourth-order valence-corrected chi connectivity index (χ4v) is 2.71. The maximum atomic E-state index is 4.67. The summed E-state index contributed by atoms with van der Waals surface area (Å²) in [5.41, 5.74) is 1.18. The van der Waals surface area contributed by atoms with Crippen molar-refractivity contribution in [2.75, 3.05) is 39.1 Å². The van der Waals surface area contributed by atoms with E-state index in [9.17, 15) is 0 Å². The van der Waals surface area contributed by atoms with E-state index in [1.807, 2.05) is 11.3 Å². The molecule has 1 aliphatic carbocycles. The van der Waals surface area contributed by atoms with Crippen LogP contribution in [0.15, 0.2) is 0 Å². The lowest BCUT2D eigenvalue weighted by Gasteiger charge is -2.18. The molecular weight excluding hydrogens is 244 g/mol. The van der Waals surface area contributed by atoms with Crippen LogP contribution < -0.4 is 10.2 Å². The number of anilines is 1. The summed E-state index contributed by atoms with van der Waals surface area (Å²) in [6.07, 6.45) is 2.68. The van der Waals surface area contributed by atoms with Gasteiger partial charge in [-0.3, -0.25) is 0 Å². The monoisotopic (exact) mass is 268 g/mol. The van der Waals surface area contributed by atoms with Crippen molar-refractivity contribution in [1.82, 2.24) is 15.2 Å². The van der Waals surface area contributed by atoms with Gasteiger partial charge in [-0.05, 0) is 33.9 Å². The number of nitrogens with one attached hydrogen (secondary N) is 1. The zero-order valence-corrected chi connectivity index (χ0v) is 12.7. The van der Waals surface area contributed by atoms with E-state index in [0.29, 0.717) is 0 Å². The lowest BCUT2D eigenvalue weighted by atomic mass is 10.4. The van der Waals surface area contributed by atoms with Crippen molar-refractivity contribution in [3.8, 4) is 0 Å². The van der Waals surface area contributed by atoms with E-state index in [-0.39, 0.29) is 0 Å². The van der Waals surface area contributed by atoms with Gasteiger partial charge in [0.15, 0.2) is 5.13 Å². The van der Waals surface area contributed by atoms with E-state index in [1.54, 1.807) is 0 Å². The van der Waals surface area contributed by atoms with E-state index in [1.165, 1.54) is 23.4 Å². The average molecular weight is 268 g/mol. The van der Waals surface area contributed by atoms with Gasteiger partial charge in [-0.25, -0.2) is 4.98 Å². The van der Waals surface area contributed by atoms with Crippen molar-refractivity contribution >= 4 is 16.5 Å². The number of nitrogens with zero attached hydrogens (tertiary/aromatic N) is 3. The van der Waals surface area contributed by atoms with Crippen molar-refractivity contribution in [2.24, 2.45) is 0 Å². The summed E-state index contributed by atoms with van der Waals surface area (Å²) >= 11 is 1.82. The molecular formula is C13H24N4S. The summed E-state index contributed by atoms with van der Waals surface area (Å²) in [5, 5.41) is 4.70. The third-order valence-corrected chi connectivity index (χ3v) is 4.49. The lowest BCUT2D eigenvalue weighted by Crippen LogP contribution is -2.28. The Labute approximate surface area is 114 Å². The maximum Gasteiger partial charge on any atom is 0.185 e. The maximum absolute atomic E-state index is 4.67. The topological polar surface area (TPSA) is 31.4 Å². The fraction of sp³-hybridized carbons (Fsp3) is 0.769. The molecule has 1 fully saturated rings. The van der Waals surface area contributed by atoms with E-state index in [4.69, 9.17) is 0 Å². The average Bonchev–Trinajstić information content (AvgIpc) is 3.07. The molecule has 0 aliphatic heterocycles. The number of hydrogen-bond acceptors (Lipinski definition) is 5. The first-order chi connectivity index (χ1) is 8.56. The van der Waals surface area contributed by atoms with Gasteiger partial charge in [0.25, 0.3) is 0 Å². The van der Waals surface area contributed by atoms with Crippen molar-refractivity contribution in [3.05, 3.63) is 10.6 Å². The largest absolute Gasteiger partial charge is 0.350 e. The second-order valence-corrected chi connectivity index (χ2v) is 6.45. The quantitative estimate of drug-likeness (QED) is 0.815. The minimum absolute atomic E-state index is 0.765. The smallest absolute Gasteiger partial charge is 0.185 e. The number of likely N-dealkylation sites (N-methyl/N-ethyl adjacent to an activating group) is 2. The first-order valence-electron chi connectivity index (χ1n) is 6.62. The van der Waals surface area contributed by atoms with Crippen molar-refractivity contribution in [2.45, 2.75) is 32.4 Å². The van der Waals surface area contributed by atoms with Crippen LogP contribution in [-0.2, 0) is 6.54 Å². The molecule has 1 heterocycles. The zero-order valence-electron chi connectivity index (χ0n) is 11.9. The van der Waals surface area contributed by atoms with Gasteiger partial charge in [0.05, 0.1) is 5.69 Å². The molecule has 18 heavy (non-hydrogen) atoms. The molecule has 1 N–H and O–H groups in total. The highest BCUT2D eigenvalue weighted by molar-refractivity contribution is 7.15. The van der Waals surface area contributed by atoms with Crippen LogP contribution in [0, 0.1) is 6.92 Å². The molecule has 0 unspecified atom stereocenters. The van der Waals surface area contributed by atoms with Crippen LogP contribution in [0.1, 0.15) is 23.4 Å². The second-order valence-electron chi connectivity index (χ2n) is 5.39. The van der Waals surface area contributed by atoms with Crippen LogP contribution >= 0.6 is 11.3 Å². The number of aryl methyl sites for hydroxylation is 1. The third kappa shape index (κ3) is 3.93. The molecule has 0 bridgehead atoms. The van der Waals surface area contributed by atoms with Gasteiger partial charge in [-0.15, -0.1) is 11.3 Å². The molecule has 4 nitrogen and oxygen atoms in total. The third-order valence-electron chi connectivity index (χ3n) is 3.22. The molecule has 102 valence electrons. The van der Waals surface area contributed by atoms with E-state index in [2.05, 4.69) is 48.2 Å². The molecule has 5 heteroatoms. The van der Waals surface area contributed by atoms with Crippen molar-refractivity contribution < 1.29 is 0 Å². The molecule has 0 spiro atoms. The van der Waals surface area contributed by atoms with Crippen LogP contribution in [-0.4, -0.2) is 50.2 Å². The van der Waals surface area contributed by atoms with Gasteiger partial charge in [-0.2, -0.15) is 0 Å². The van der Waals surface area contributed by atoms with E-state index >= 15 is 0 Å². The Balaban J connectivity index is 1.89. The Hall–Kier alpha value is -0.650. The SMILES string of the molecule is Cc1nc(N(C)CCN(C)C)sc1CNC1CC1. The van der Waals surface area contributed by atoms with Crippen molar-refractivity contribution in [3.63, 3.8) is 0 Å². The summed E-state index contributed by atoms with van der Waals surface area (Å²) in [6.45, 7) is 5.18. The van der Waals surface area contributed by atoms with Crippen LogP contribution in [0.4, 0.5) is 5.13 Å². The van der Waals surface area contributed by atoms with Gasteiger partial charge >= 0.3 is 0 Å². The van der Waals surface area contributed by atoms with Gasteiger partial charge in [-0.1, -0.05) is 0 Å². The zero-order chi connectivity index (χ0) is 13.1.